The number of benzene rings is 1. The van der Waals surface area contributed by atoms with E-state index in [0.717, 1.165) is 23.6 Å². The van der Waals surface area contributed by atoms with Gasteiger partial charge in [-0.1, -0.05) is 24.8 Å². The molecule has 124 valence electrons. The van der Waals surface area contributed by atoms with Crippen LogP contribution < -0.4 is 9.97 Å². The van der Waals surface area contributed by atoms with E-state index in [9.17, 15) is 18.6 Å². The molecule has 0 fully saturated rings. The SMILES string of the molecule is C=C(C)c1cccc2c1OB(O)[C@@H](NC(=O)CCC(C)(F)F)C2. The molecule has 7 heteroatoms. The number of alkyl halides is 2. The molecule has 0 aliphatic carbocycles. The maximum Gasteiger partial charge on any atom is 0.547 e. The first-order valence-electron chi connectivity index (χ1n) is 7.47. The normalized spacial score (nSPS) is 17.3. The van der Waals surface area contributed by atoms with Gasteiger partial charge in [0.25, 0.3) is 0 Å². The first-order valence-corrected chi connectivity index (χ1v) is 7.47. The van der Waals surface area contributed by atoms with E-state index >= 15 is 0 Å². The van der Waals surface area contributed by atoms with E-state index in [4.69, 9.17) is 4.65 Å². The largest absolute Gasteiger partial charge is 0.547 e. The maximum absolute atomic E-state index is 12.8. The second-order valence-electron chi connectivity index (χ2n) is 6.03. The Morgan fingerprint density at radius 2 is 2.26 bits per heavy atom. The Balaban J connectivity index is 2.06. The van der Waals surface area contributed by atoms with Gasteiger partial charge in [0.05, 0.1) is 5.94 Å². The van der Waals surface area contributed by atoms with Crippen LogP contribution in [-0.4, -0.2) is 29.9 Å². The first kappa shape index (κ1) is 17.5. The predicted octanol–water partition coefficient (Wildman–Crippen LogP) is 2.59. The van der Waals surface area contributed by atoms with Gasteiger partial charge < -0.3 is 15.0 Å². The lowest BCUT2D eigenvalue weighted by Crippen LogP contribution is -2.53. The number of para-hydroxylation sites is 1. The number of fused-ring (bicyclic) bond motifs is 1. The Morgan fingerprint density at radius 3 is 2.87 bits per heavy atom. The fourth-order valence-corrected chi connectivity index (χ4v) is 2.50. The number of hydrogen-bond donors (Lipinski definition) is 2. The summed E-state index contributed by atoms with van der Waals surface area (Å²) < 4.78 is 31.1. The van der Waals surface area contributed by atoms with Gasteiger partial charge >= 0.3 is 7.12 Å². The number of carbonyl (C=O) groups excluding carboxylic acids is 1. The monoisotopic (exact) mass is 323 g/mol. The van der Waals surface area contributed by atoms with Crippen LogP contribution in [0, 0.1) is 0 Å². The Kier molecular flexibility index (Phi) is 5.09. The topological polar surface area (TPSA) is 58.6 Å². The number of nitrogens with one attached hydrogen (secondary N) is 1. The smallest absolute Gasteiger partial charge is 0.534 e. The lowest BCUT2D eigenvalue weighted by atomic mass is 9.72. The number of rotatable bonds is 5. The zero-order chi connectivity index (χ0) is 17.2. The highest BCUT2D eigenvalue weighted by Gasteiger charge is 2.37. The standard InChI is InChI=1S/C16H20BF2NO3/c1-10(2)12-6-4-5-11-9-13(17(22)23-15(11)12)20-14(21)7-8-16(3,18)19/h4-6,13,22H,1,7-9H2,2-3H3,(H,20,21)/t13-/m0/s1. The Morgan fingerprint density at radius 1 is 1.57 bits per heavy atom. The van der Waals surface area contributed by atoms with Crippen molar-refractivity contribution in [2.24, 2.45) is 0 Å². The molecule has 1 aromatic rings. The third kappa shape index (κ3) is 4.54. The summed E-state index contributed by atoms with van der Waals surface area (Å²) in [5.74, 6) is -3.53. The minimum atomic E-state index is -2.89. The summed E-state index contributed by atoms with van der Waals surface area (Å²) in [5.41, 5.74) is 2.44. The van der Waals surface area contributed by atoms with Crippen LogP contribution in [0.5, 0.6) is 5.75 Å². The fourth-order valence-electron chi connectivity index (χ4n) is 2.50. The molecule has 1 atom stereocenters. The summed E-state index contributed by atoms with van der Waals surface area (Å²) in [4.78, 5) is 11.8. The molecule has 2 N–H and O–H groups in total. The third-order valence-electron chi connectivity index (χ3n) is 3.72. The summed E-state index contributed by atoms with van der Waals surface area (Å²) >= 11 is 0. The van der Waals surface area contributed by atoms with Gasteiger partial charge in [-0.3, -0.25) is 4.79 Å². The van der Waals surface area contributed by atoms with Gasteiger partial charge in [0.1, 0.15) is 5.75 Å². The van der Waals surface area contributed by atoms with E-state index in [1.165, 1.54) is 0 Å². The van der Waals surface area contributed by atoms with Crippen LogP contribution in [0.25, 0.3) is 5.57 Å². The molecule has 0 saturated carbocycles. The van der Waals surface area contributed by atoms with Crippen LogP contribution in [-0.2, 0) is 11.2 Å². The van der Waals surface area contributed by atoms with Crippen molar-refractivity contribution in [3.63, 3.8) is 0 Å². The second-order valence-corrected chi connectivity index (χ2v) is 6.03. The van der Waals surface area contributed by atoms with Gasteiger partial charge in [-0.2, -0.15) is 0 Å². The van der Waals surface area contributed by atoms with Crippen LogP contribution in [0.15, 0.2) is 24.8 Å². The predicted molar refractivity (Wildman–Crippen MR) is 85.2 cm³/mol. The molecule has 1 amide bonds. The zero-order valence-corrected chi connectivity index (χ0v) is 13.2. The van der Waals surface area contributed by atoms with Crippen molar-refractivity contribution in [2.75, 3.05) is 0 Å². The van der Waals surface area contributed by atoms with Gasteiger partial charge in [-0.25, -0.2) is 8.78 Å². The van der Waals surface area contributed by atoms with E-state index in [1.54, 1.807) is 0 Å². The molecule has 0 saturated heterocycles. The van der Waals surface area contributed by atoms with Crippen molar-refractivity contribution >= 4 is 18.6 Å². The number of amides is 1. The molecular weight excluding hydrogens is 303 g/mol. The second kappa shape index (κ2) is 6.70. The molecule has 2 rings (SSSR count). The lowest BCUT2D eigenvalue weighted by Gasteiger charge is -2.29. The summed E-state index contributed by atoms with van der Waals surface area (Å²) in [6.07, 6.45) is -0.462. The summed E-state index contributed by atoms with van der Waals surface area (Å²) in [6, 6.07) is 5.53. The molecule has 4 nitrogen and oxygen atoms in total. The first-order chi connectivity index (χ1) is 10.7. The van der Waals surface area contributed by atoms with Crippen LogP contribution in [0.2, 0.25) is 0 Å². The number of hydrogen-bond acceptors (Lipinski definition) is 3. The van der Waals surface area contributed by atoms with E-state index in [1.807, 2.05) is 25.1 Å². The quantitative estimate of drug-likeness (QED) is 0.819. The van der Waals surface area contributed by atoms with Gasteiger partial charge in [0.15, 0.2) is 0 Å². The van der Waals surface area contributed by atoms with Crippen molar-refractivity contribution in [3.8, 4) is 5.75 Å². The molecular formula is C16H20BF2NO3. The highest BCUT2D eigenvalue weighted by Crippen LogP contribution is 2.33. The third-order valence-corrected chi connectivity index (χ3v) is 3.72. The van der Waals surface area contributed by atoms with Crippen LogP contribution in [0.1, 0.15) is 37.8 Å². The minimum Gasteiger partial charge on any atom is -0.534 e. The van der Waals surface area contributed by atoms with Crippen LogP contribution >= 0.6 is 0 Å². The van der Waals surface area contributed by atoms with Crippen molar-refractivity contribution in [2.45, 2.75) is 45.0 Å². The van der Waals surface area contributed by atoms with Crippen molar-refractivity contribution in [1.82, 2.24) is 5.32 Å². The number of carbonyl (C=O) groups is 1. The number of allylic oxidation sites excluding steroid dienone is 1. The molecule has 0 spiro atoms. The van der Waals surface area contributed by atoms with E-state index in [-0.39, 0.29) is 6.42 Å². The highest BCUT2D eigenvalue weighted by molar-refractivity contribution is 6.46. The molecule has 0 unspecified atom stereocenters. The van der Waals surface area contributed by atoms with Gasteiger partial charge in [0, 0.05) is 18.4 Å². The van der Waals surface area contributed by atoms with E-state index in [0.29, 0.717) is 12.2 Å². The summed E-state index contributed by atoms with van der Waals surface area (Å²) in [6.45, 7) is 6.48. The summed E-state index contributed by atoms with van der Waals surface area (Å²) in [5, 5.41) is 12.6. The zero-order valence-electron chi connectivity index (χ0n) is 13.2. The van der Waals surface area contributed by atoms with Gasteiger partial charge in [-0.15, -0.1) is 0 Å². The molecule has 0 aromatic heterocycles. The lowest BCUT2D eigenvalue weighted by molar-refractivity contribution is -0.123. The fraction of sp³-hybridized carbons (Fsp3) is 0.438. The Bertz CT molecular complexity index is 616. The van der Waals surface area contributed by atoms with Crippen LogP contribution in [0.4, 0.5) is 8.78 Å². The number of halogens is 2. The van der Waals surface area contributed by atoms with E-state index in [2.05, 4.69) is 11.9 Å². The molecule has 0 radical (unpaired) electrons. The van der Waals surface area contributed by atoms with Crippen molar-refractivity contribution < 1.29 is 23.3 Å². The van der Waals surface area contributed by atoms with Crippen molar-refractivity contribution in [1.29, 1.82) is 0 Å². The minimum absolute atomic E-state index is 0.300. The Hall–Kier alpha value is -1.89. The van der Waals surface area contributed by atoms with E-state index < -0.39 is 31.3 Å². The molecule has 23 heavy (non-hydrogen) atoms. The highest BCUT2D eigenvalue weighted by atomic mass is 19.3. The van der Waals surface area contributed by atoms with Gasteiger partial charge in [0.2, 0.25) is 11.8 Å². The summed E-state index contributed by atoms with van der Waals surface area (Å²) in [7, 11) is -1.23. The Labute approximate surface area is 134 Å². The molecule has 1 aliphatic heterocycles. The molecule has 1 aromatic carbocycles. The molecule has 1 aliphatic rings. The van der Waals surface area contributed by atoms with Crippen LogP contribution in [0.3, 0.4) is 0 Å². The molecule has 1 heterocycles. The van der Waals surface area contributed by atoms with Crippen molar-refractivity contribution in [3.05, 3.63) is 35.9 Å². The molecule has 0 bridgehead atoms. The average Bonchev–Trinajstić information content (AvgIpc) is 2.44. The average molecular weight is 323 g/mol. The maximum atomic E-state index is 12.8. The van der Waals surface area contributed by atoms with Gasteiger partial charge in [-0.05, 0) is 31.4 Å².